The highest BCUT2D eigenvalue weighted by Crippen LogP contribution is 2.29. The van der Waals surface area contributed by atoms with Crippen LogP contribution in [0.4, 0.5) is 0 Å². The van der Waals surface area contributed by atoms with Crippen molar-refractivity contribution < 1.29 is 16.8 Å². The predicted octanol–water partition coefficient (Wildman–Crippen LogP) is 2.94. The van der Waals surface area contributed by atoms with Crippen LogP contribution in [0.5, 0.6) is 0 Å². The summed E-state index contributed by atoms with van der Waals surface area (Å²) in [5.74, 6) is 0. The van der Waals surface area contributed by atoms with E-state index in [2.05, 4.69) is 4.98 Å². The molecule has 0 atom stereocenters. The van der Waals surface area contributed by atoms with E-state index in [0.29, 0.717) is 22.9 Å². The minimum atomic E-state index is -3.81. The summed E-state index contributed by atoms with van der Waals surface area (Å²) in [6.07, 6.45) is 2.06. The summed E-state index contributed by atoms with van der Waals surface area (Å²) in [7, 11) is -7.49. The number of hydrogen-bond acceptors (Lipinski definition) is 5. The van der Waals surface area contributed by atoms with Crippen LogP contribution in [-0.2, 0) is 20.0 Å². The first kappa shape index (κ1) is 21.9. The van der Waals surface area contributed by atoms with Gasteiger partial charge in [0.05, 0.1) is 15.3 Å². The average molecular weight is 460 g/mol. The summed E-state index contributed by atoms with van der Waals surface area (Å²) >= 11 is 0. The first-order valence-electron chi connectivity index (χ1n) is 10.1. The molecule has 7 nitrogen and oxygen atoms in total. The SMILES string of the molecule is Cc1ccc(S(=O)(=O)N2CCCN(S(=O)(=O)c3c(C)ccc4ncccc34)CC2)cc1. The Morgan fingerprint density at radius 1 is 0.774 bits per heavy atom. The summed E-state index contributed by atoms with van der Waals surface area (Å²) in [6.45, 7) is 4.42. The van der Waals surface area contributed by atoms with Gasteiger partial charge in [0.1, 0.15) is 0 Å². The summed E-state index contributed by atoms with van der Waals surface area (Å²) < 4.78 is 56.0. The fourth-order valence-corrected chi connectivity index (χ4v) is 7.26. The molecule has 2 aromatic carbocycles. The molecule has 9 heteroatoms. The van der Waals surface area contributed by atoms with Gasteiger partial charge >= 0.3 is 0 Å². The van der Waals surface area contributed by atoms with Gasteiger partial charge in [-0.2, -0.15) is 8.61 Å². The molecule has 1 aliphatic heterocycles. The zero-order chi connectivity index (χ0) is 22.2. The fourth-order valence-electron chi connectivity index (χ4n) is 3.92. The van der Waals surface area contributed by atoms with E-state index in [4.69, 9.17) is 0 Å². The van der Waals surface area contributed by atoms with Crippen LogP contribution in [0.15, 0.2) is 64.5 Å². The Bertz CT molecular complexity index is 1320. The van der Waals surface area contributed by atoms with Crippen molar-refractivity contribution >= 4 is 30.9 Å². The van der Waals surface area contributed by atoms with E-state index < -0.39 is 20.0 Å². The summed E-state index contributed by atoms with van der Waals surface area (Å²) in [5.41, 5.74) is 2.24. The van der Waals surface area contributed by atoms with Gasteiger partial charge in [0.2, 0.25) is 20.0 Å². The van der Waals surface area contributed by atoms with Crippen molar-refractivity contribution in [2.24, 2.45) is 0 Å². The lowest BCUT2D eigenvalue weighted by molar-refractivity contribution is 0.404. The van der Waals surface area contributed by atoms with Gasteiger partial charge < -0.3 is 0 Å². The first-order valence-corrected chi connectivity index (χ1v) is 13.0. The van der Waals surface area contributed by atoms with Crippen LogP contribution in [-0.4, -0.2) is 56.6 Å². The Balaban J connectivity index is 1.63. The Hall–Kier alpha value is -2.33. The standard InChI is InChI=1S/C22H25N3O4S2/c1-17-6-9-19(10-7-17)30(26,27)24-13-4-14-25(16-15-24)31(28,29)22-18(2)8-11-21-20(22)5-3-12-23-21/h3,5-12H,4,13-16H2,1-2H3. The first-order chi connectivity index (χ1) is 14.7. The molecule has 0 N–H and O–H groups in total. The topological polar surface area (TPSA) is 87.7 Å². The largest absolute Gasteiger partial charge is 0.256 e. The van der Waals surface area contributed by atoms with Gasteiger partial charge in [-0.25, -0.2) is 16.8 Å². The second-order valence-corrected chi connectivity index (χ2v) is 11.6. The highest BCUT2D eigenvalue weighted by atomic mass is 32.2. The van der Waals surface area contributed by atoms with Crippen molar-refractivity contribution in [3.05, 3.63) is 65.9 Å². The van der Waals surface area contributed by atoms with Gasteiger partial charge in [0.25, 0.3) is 0 Å². The molecular formula is C22H25N3O4S2. The van der Waals surface area contributed by atoms with Gasteiger partial charge in [-0.15, -0.1) is 0 Å². The Labute approximate surface area is 183 Å². The second kappa shape index (κ2) is 8.31. The van der Waals surface area contributed by atoms with Crippen molar-refractivity contribution in [2.45, 2.75) is 30.1 Å². The normalized spacial score (nSPS) is 17.0. The van der Waals surface area contributed by atoms with E-state index in [1.807, 2.05) is 13.0 Å². The number of pyridine rings is 1. The number of sulfonamides is 2. The fraction of sp³-hybridized carbons (Fsp3) is 0.318. The van der Waals surface area contributed by atoms with E-state index in [9.17, 15) is 16.8 Å². The monoisotopic (exact) mass is 459 g/mol. The Morgan fingerprint density at radius 3 is 2.10 bits per heavy atom. The molecule has 31 heavy (non-hydrogen) atoms. The number of aromatic nitrogens is 1. The minimum Gasteiger partial charge on any atom is -0.256 e. The van der Waals surface area contributed by atoms with Crippen LogP contribution >= 0.6 is 0 Å². The van der Waals surface area contributed by atoms with Gasteiger partial charge in [-0.3, -0.25) is 4.98 Å². The van der Waals surface area contributed by atoms with Crippen molar-refractivity contribution in [3.8, 4) is 0 Å². The number of benzene rings is 2. The molecule has 0 aliphatic carbocycles. The van der Waals surface area contributed by atoms with E-state index in [-0.39, 0.29) is 36.0 Å². The zero-order valence-corrected chi connectivity index (χ0v) is 19.2. The van der Waals surface area contributed by atoms with E-state index >= 15 is 0 Å². The minimum absolute atomic E-state index is 0.101. The highest BCUT2D eigenvalue weighted by molar-refractivity contribution is 7.89. The number of hydrogen-bond donors (Lipinski definition) is 0. The van der Waals surface area contributed by atoms with Crippen molar-refractivity contribution in [1.82, 2.24) is 13.6 Å². The van der Waals surface area contributed by atoms with Crippen LogP contribution in [0.1, 0.15) is 17.5 Å². The van der Waals surface area contributed by atoms with E-state index in [1.165, 1.54) is 8.61 Å². The average Bonchev–Trinajstić information content (AvgIpc) is 3.01. The molecule has 1 aliphatic rings. The second-order valence-electron chi connectivity index (χ2n) is 7.76. The number of fused-ring (bicyclic) bond motifs is 1. The van der Waals surface area contributed by atoms with Crippen LogP contribution in [0.3, 0.4) is 0 Å². The molecule has 2 heterocycles. The molecule has 0 bridgehead atoms. The Kier molecular flexibility index (Phi) is 5.87. The van der Waals surface area contributed by atoms with Crippen LogP contribution < -0.4 is 0 Å². The molecule has 1 aromatic heterocycles. The van der Waals surface area contributed by atoms with Gasteiger partial charge in [-0.05, 0) is 56.2 Å². The van der Waals surface area contributed by atoms with Gasteiger partial charge in [0, 0.05) is 37.8 Å². The lowest BCUT2D eigenvalue weighted by Crippen LogP contribution is -2.37. The van der Waals surface area contributed by atoms with Crippen LogP contribution in [0.2, 0.25) is 0 Å². The smallest absolute Gasteiger partial charge is 0.244 e. The maximum Gasteiger partial charge on any atom is 0.244 e. The maximum absolute atomic E-state index is 13.6. The molecule has 3 aromatic rings. The summed E-state index contributed by atoms with van der Waals surface area (Å²) in [5, 5.41) is 0.580. The number of rotatable bonds is 4. The summed E-state index contributed by atoms with van der Waals surface area (Å²) in [6, 6.07) is 13.8. The molecule has 0 spiro atoms. The molecule has 0 saturated carbocycles. The molecule has 1 saturated heterocycles. The molecule has 1 fully saturated rings. The Morgan fingerprint density at radius 2 is 1.42 bits per heavy atom. The van der Waals surface area contributed by atoms with Crippen molar-refractivity contribution in [2.75, 3.05) is 26.2 Å². The lowest BCUT2D eigenvalue weighted by atomic mass is 10.1. The molecule has 0 radical (unpaired) electrons. The van der Waals surface area contributed by atoms with Crippen molar-refractivity contribution in [1.29, 1.82) is 0 Å². The maximum atomic E-state index is 13.6. The zero-order valence-electron chi connectivity index (χ0n) is 17.5. The lowest BCUT2D eigenvalue weighted by Gasteiger charge is -2.23. The van der Waals surface area contributed by atoms with E-state index in [1.54, 1.807) is 55.6 Å². The molecule has 0 unspecified atom stereocenters. The van der Waals surface area contributed by atoms with Crippen LogP contribution in [0, 0.1) is 13.8 Å². The third-order valence-electron chi connectivity index (χ3n) is 5.60. The molecular weight excluding hydrogens is 434 g/mol. The van der Waals surface area contributed by atoms with Crippen molar-refractivity contribution in [3.63, 3.8) is 0 Å². The molecule has 4 rings (SSSR count). The third-order valence-corrected chi connectivity index (χ3v) is 9.62. The number of nitrogens with zero attached hydrogens (tertiary/aromatic N) is 3. The number of aryl methyl sites for hydroxylation is 2. The third kappa shape index (κ3) is 4.10. The van der Waals surface area contributed by atoms with Crippen LogP contribution in [0.25, 0.3) is 10.9 Å². The highest BCUT2D eigenvalue weighted by Gasteiger charge is 2.33. The van der Waals surface area contributed by atoms with E-state index in [0.717, 1.165) is 5.56 Å². The molecule has 0 amide bonds. The predicted molar refractivity (Wildman–Crippen MR) is 120 cm³/mol. The van der Waals surface area contributed by atoms with Gasteiger partial charge in [-0.1, -0.05) is 23.8 Å². The quantitative estimate of drug-likeness (QED) is 0.599. The van der Waals surface area contributed by atoms with Gasteiger partial charge in [0.15, 0.2) is 0 Å². The summed E-state index contributed by atoms with van der Waals surface area (Å²) in [4.78, 5) is 4.74. The molecule has 164 valence electrons.